The molecule has 21 heavy (non-hydrogen) atoms. The van der Waals surface area contributed by atoms with E-state index in [-0.39, 0.29) is 12.1 Å². The van der Waals surface area contributed by atoms with Crippen LogP contribution in [0.15, 0.2) is 53.0 Å². The van der Waals surface area contributed by atoms with Crippen molar-refractivity contribution in [3.8, 4) is 0 Å². The molecule has 3 aromatic rings. The number of nitrogens with zero attached hydrogens (tertiary/aromatic N) is 2. The monoisotopic (exact) mass is 343 g/mol. The normalized spacial score (nSPS) is 14.3. The minimum absolute atomic E-state index is 0.0180. The fourth-order valence-electron chi connectivity index (χ4n) is 2.89. The second-order valence-corrected chi connectivity index (χ2v) is 6.29. The Morgan fingerprint density at radius 2 is 1.90 bits per heavy atom. The van der Waals surface area contributed by atoms with E-state index in [1.54, 1.807) is 0 Å². The molecule has 0 aliphatic carbocycles. The van der Waals surface area contributed by atoms with Crippen LogP contribution in [0.1, 0.15) is 24.4 Å². The fraction of sp³-hybridized carbons (Fsp3) is 0.235. The molecule has 0 aliphatic rings. The van der Waals surface area contributed by atoms with Crippen molar-refractivity contribution in [2.45, 2.75) is 25.9 Å². The van der Waals surface area contributed by atoms with Crippen molar-refractivity contribution in [3.05, 3.63) is 64.4 Å². The summed E-state index contributed by atoms with van der Waals surface area (Å²) in [5, 5.41) is 0. The number of aromatic nitrogens is 2. The molecule has 0 saturated heterocycles. The van der Waals surface area contributed by atoms with Crippen LogP contribution in [0.3, 0.4) is 0 Å². The van der Waals surface area contributed by atoms with Crippen molar-refractivity contribution in [2.24, 2.45) is 5.73 Å². The Morgan fingerprint density at radius 1 is 1.14 bits per heavy atom. The van der Waals surface area contributed by atoms with Crippen molar-refractivity contribution in [1.82, 2.24) is 9.55 Å². The molecule has 2 unspecified atom stereocenters. The molecule has 0 amide bonds. The molecule has 3 nitrogen and oxygen atoms in total. The number of benzene rings is 2. The predicted molar refractivity (Wildman–Crippen MR) is 90.4 cm³/mol. The summed E-state index contributed by atoms with van der Waals surface area (Å²) in [5.74, 6) is 0.985. The van der Waals surface area contributed by atoms with Gasteiger partial charge in [-0.05, 0) is 43.7 Å². The number of nitrogens with two attached hydrogens (primary N) is 1. The zero-order valence-corrected chi connectivity index (χ0v) is 13.7. The Hall–Kier alpha value is -1.65. The van der Waals surface area contributed by atoms with Crippen LogP contribution < -0.4 is 5.73 Å². The smallest absolute Gasteiger partial charge is 0.107 e. The van der Waals surface area contributed by atoms with Crippen LogP contribution in [0.4, 0.5) is 0 Å². The molecule has 0 radical (unpaired) electrons. The number of para-hydroxylation sites is 2. The van der Waals surface area contributed by atoms with E-state index in [2.05, 4.69) is 43.7 Å². The van der Waals surface area contributed by atoms with E-state index in [0.717, 1.165) is 21.3 Å². The van der Waals surface area contributed by atoms with Crippen LogP contribution in [0.25, 0.3) is 11.0 Å². The molecule has 3 rings (SSSR count). The van der Waals surface area contributed by atoms with Crippen molar-refractivity contribution in [3.63, 3.8) is 0 Å². The topological polar surface area (TPSA) is 43.8 Å². The predicted octanol–water partition coefficient (Wildman–Crippen LogP) is 4.04. The van der Waals surface area contributed by atoms with Gasteiger partial charge in [0.2, 0.25) is 0 Å². The molecule has 0 aliphatic heterocycles. The van der Waals surface area contributed by atoms with E-state index in [1.807, 2.05) is 44.2 Å². The van der Waals surface area contributed by atoms with E-state index in [0.29, 0.717) is 0 Å². The molecule has 2 atom stereocenters. The van der Waals surface area contributed by atoms with Crippen LogP contribution in [-0.4, -0.2) is 15.6 Å². The molecule has 0 spiro atoms. The van der Waals surface area contributed by atoms with Gasteiger partial charge in [0.1, 0.15) is 5.82 Å². The third-order valence-corrected chi connectivity index (χ3v) is 4.23. The van der Waals surface area contributed by atoms with Crippen molar-refractivity contribution < 1.29 is 0 Å². The highest BCUT2D eigenvalue weighted by Gasteiger charge is 2.22. The average molecular weight is 344 g/mol. The number of imidazole rings is 1. The van der Waals surface area contributed by atoms with Crippen LogP contribution in [0.2, 0.25) is 0 Å². The summed E-state index contributed by atoms with van der Waals surface area (Å²) in [6.07, 6.45) is 0. The van der Waals surface area contributed by atoms with Gasteiger partial charge < -0.3 is 10.3 Å². The molecular formula is C17H18BrN3. The number of halogens is 1. The van der Waals surface area contributed by atoms with Crippen LogP contribution >= 0.6 is 15.9 Å². The molecule has 0 saturated carbocycles. The first-order chi connectivity index (χ1) is 10.1. The van der Waals surface area contributed by atoms with Crippen LogP contribution in [-0.2, 0) is 0 Å². The second-order valence-electron chi connectivity index (χ2n) is 5.38. The molecule has 4 heteroatoms. The second kappa shape index (κ2) is 5.62. The fourth-order valence-corrected chi connectivity index (χ4v) is 3.31. The molecule has 2 aromatic carbocycles. The zero-order chi connectivity index (χ0) is 15.0. The quantitative estimate of drug-likeness (QED) is 0.779. The Balaban J connectivity index is 2.23. The maximum Gasteiger partial charge on any atom is 0.107 e. The Labute approximate surface area is 132 Å². The summed E-state index contributed by atoms with van der Waals surface area (Å²) in [4.78, 5) is 4.66. The molecule has 108 valence electrons. The van der Waals surface area contributed by atoms with E-state index in [1.165, 1.54) is 5.56 Å². The lowest BCUT2D eigenvalue weighted by molar-refractivity contribution is 0.497. The summed E-state index contributed by atoms with van der Waals surface area (Å²) < 4.78 is 3.30. The van der Waals surface area contributed by atoms with Gasteiger partial charge in [0.05, 0.1) is 17.1 Å². The first-order valence-electron chi connectivity index (χ1n) is 7.02. The lowest BCUT2D eigenvalue weighted by Gasteiger charge is -2.25. The van der Waals surface area contributed by atoms with Gasteiger partial charge in [-0.1, -0.05) is 40.2 Å². The van der Waals surface area contributed by atoms with Crippen molar-refractivity contribution in [2.75, 3.05) is 0 Å². The number of fused-ring (bicyclic) bond motifs is 1. The first kappa shape index (κ1) is 14.3. The standard InChI is InChI=1S/C17H18BrN3/c1-11(19)17(13-6-5-7-14(18)10-13)21-12(2)20-15-8-3-4-9-16(15)21/h3-11,17H,19H2,1-2H3. The summed E-state index contributed by atoms with van der Waals surface area (Å²) in [6, 6.07) is 16.6. The third-order valence-electron chi connectivity index (χ3n) is 3.74. The summed E-state index contributed by atoms with van der Waals surface area (Å²) in [7, 11) is 0. The number of rotatable bonds is 3. The van der Waals surface area contributed by atoms with E-state index in [9.17, 15) is 0 Å². The summed E-state index contributed by atoms with van der Waals surface area (Å²) >= 11 is 3.55. The zero-order valence-electron chi connectivity index (χ0n) is 12.1. The van der Waals surface area contributed by atoms with E-state index < -0.39 is 0 Å². The average Bonchev–Trinajstić information content (AvgIpc) is 2.76. The molecule has 0 fully saturated rings. The van der Waals surface area contributed by atoms with Crippen LogP contribution in [0, 0.1) is 6.92 Å². The Morgan fingerprint density at radius 3 is 2.62 bits per heavy atom. The van der Waals surface area contributed by atoms with Gasteiger partial charge in [0.25, 0.3) is 0 Å². The minimum Gasteiger partial charge on any atom is -0.326 e. The van der Waals surface area contributed by atoms with Gasteiger partial charge in [-0.3, -0.25) is 0 Å². The van der Waals surface area contributed by atoms with Gasteiger partial charge in [-0.25, -0.2) is 4.98 Å². The molecular weight excluding hydrogens is 326 g/mol. The highest BCUT2D eigenvalue weighted by atomic mass is 79.9. The highest BCUT2D eigenvalue weighted by molar-refractivity contribution is 9.10. The van der Waals surface area contributed by atoms with Crippen molar-refractivity contribution in [1.29, 1.82) is 0 Å². The van der Waals surface area contributed by atoms with E-state index in [4.69, 9.17) is 5.73 Å². The largest absolute Gasteiger partial charge is 0.326 e. The Kier molecular flexibility index (Phi) is 3.83. The number of aryl methyl sites for hydroxylation is 1. The van der Waals surface area contributed by atoms with Gasteiger partial charge >= 0.3 is 0 Å². The molecule has 1 heterocycles. The summed E-state index contributed by atoms with van der Waals surface area (Å²) in [6.45, 7) is 4.08. The maximum atomic E-state index is 6.31. The molecule has 1 aromatic heterocycles. The first-order valence-corrected chi connectivity index (χ1v) is 7.82. The summed E-state index contributed by atoms with van der Waals surface area (Å²) in [5.41, 5.74) is 9.62. The molecule has 2 N–H and O–H groups in total. The lowest BCUT2D eigenvalue weighted by atomic mass is 10.0. The van der Waals surface area contributed by atoms with Gasteiger partial charge in [0, 0.05) is 10.5 Å². The Bertz CT molecular complexity index is 777. The SMILES string of the molecule is Cc1nc2ccccc2n1C(c1cccc(Br)c1)C(C)N. The van der Waals surface area contributed by atoms with Crippen LogP contribution in [0.5, 0.6) is 0 Å². The molecule has 0 bridgehead atoms. The maximum absolute atomic E-state index is 6.31. The van der Waals surface area contributed by atoms with Gasteiger partial charge in [-0.15, -0.1) is 0 Å². The minimum atomic E-state index is -0.0180. The van der Waals surface area contributed by atoms with Gasteiger partial charge in [0.15, 0.2) is 0 Å². The van der Waals surface area contributed by atoms with Crippen molar-refractivity contribution >= 4 is 27.0 Å². The number of hydrogen-bond donors (Lipinski definition) is 1. The lowest BCUT2D eigenvalue weighted by Crippen LogP contribution is -2.30. The van der Waals surface area contributed by atoms with Gasteiger partial charge in [-0.2, -0.15) is 0 Å². The third kappa shape index (κ3) is 2.61. The highest BCUT2D eigenvalue weighted by Crippen LogP contribution is 2.29. The van der Waals surface area contributed by atoms with E-state index >= 15 is 0 Å². The number of hydrogen-bond acceptors (Lipinski definition) is 2.